The van der Waals surface area contributed by atoms with Crippen LogP contribution in [0.3, 0.4) is 0 Å². The number of hydrogen-bond acceptors (Lipinski definition) is 3. The van der Waals surface area contributed by atoms with E-state index in [9.17, 15) is 0 Å². The molecule has 0 saturated carbocycles. The van der Waals surface area contributed by atoms with E-state index in [4.69, 9.17) is 12.2 Å². The molecule has 0 aromatic carbocycles. The Labute approximate surface area is 148 Å². The molecule has 2 atom stereocenters. The molecule has 6 heteroatoms. The first kappa shape index (κ1) is 15.9. The molecule has 0 spiro atoms. The van der Waals surface area contributed by atoms with Crippen LogP contribution in [0.15, 0.2) is 40.3 Å². The van der Waals surface area contributed by atoms with Gasteiger partial charge in [0.15, 0.2) is 5.11 Å². The van der Waals surface area contributed by atoms with Crippen LogP contribution in [0.2, 0.25) is 0 Å². The van der Waals surface area contributed by atoms with E-state index in [1.165, 1.54) is 4.88 Å². The standard InChI is InChI=1S/C16H18BrN3S2/c1-10(2)9-20-15(12-6-7-13(17)22-12)14(19-16(20)21)11-5-3-4-8-18-11/h3-8,10,14-15H,9H2,1-2H3,(H,19,21). The summed E-state index contributed by atoms with van der Waals surface area (Å²) in [5, 5.41) is 4.29. The Bertz CT molecular complexity index is 656. The van der Waals surface area contributed by atoms with E-state index in [0.717, 1.165) is 21.1 Å². The van der Waals surface area contributed by atoms with Gasteiger partial charge in [-0.2, -0.15) is 0 Å². The van der Waals surface area contributed by atoms with Crippen LogP contribution in [0.25, 0.3) is 0 Å². The third-order valence-electron chi connectivity index (χ3n) is 3.65. The van der Waals surface area contributed by atoms with Gasteiger partial charge >= 0.3 is 0 Å². The minimum absolute atomic E-state index is 0.0954. The molecule has 1 fully saturated rings. The molecule has 2 aromatic rings. The van der Waals surface area contributed by atoms with Crippen molar-refractivity contribution in [1.29, 1.82) is 0 Å². The number of halogens is 1. The van der Waals surface area contributed by atoms with Crippen LogP contribution in [0.5, 0.6) is 0 Å². The maximum absolute atomic E-state index is 5.60. The first-order chi connectivity index (χ1) is 10.6. The van der Waals surface area contributed by atoms with Crippen LogP contribution in [-0.4, -0.2) is 21.5 Å². The van der Waals surface area contributed by atoms with Gasteiger partial charge in [-0.25, -0.2) is 0 Å². The van der Waals surface area contributed by atoms with Crippen molar-refractivity contribution in [3.05, 3.63) is 50.9 Å². The number of rotatable bonds is 4. The molecule has 1 saturated heterocycles. The van der Waals surface area contributed by atoms with Crippen LogP contribution < -0.4 is 5.32 Å². The van der Waals surface area contributed by atoms with E-state index in [1.54, 1.807) is 11.3 Å². The van der Waals surface area contributed by atoms with Gasteiger partial charge in [0.2, 0.25) is 0 Å². The zero-order valence-corrected chi connectivity index (χ0v) is 15.7. The highest BCUT2D eigenvalue weighted by atomic mass is 79.9. The highest BCUT2D eigenvalue weighted by Gasteiger charge is 2.40. The average molecular weight is 396 g/mol. The summed E-state index contributed by atoms with van der Waals surface area (Å²) in [7, 11) is 0. The van der Waals surface area contributed by atoms with E-state index >= 15 is 0 Å². The van der Waals surface area contributed by atoms with Crippen LogP contribution in [0, 0.1) is 5.92 Å². The van der Waals surface area contributed by atoms with Crippen LogP contribution >= 0.6 is 39.5 Å². The molecule has 2 unspecified atom stereocenters. The number of pyridine rings is 1. The Morgan fingerprint density at radius 3 is 2.77 bits per heavy atom. The Morgan fingerprint density at radius 2 is 2.18 bits per heavy atom. The van der Waals surface area contributed by atoms with Crippen molar-refractivity contribution in [2.24, 2.45) is 5.92 Å². The van der Waals surface area contributed by atoms with Crippen molar-refractivity contribution in [3.8, 4) is 0 Å². The lowest BCUT2D eigenvalue weighted by Crippen LogP contribution is -2.32. The number of nitrogens with zero attached hydrogens (tertiary/aromatic N) is 2. The lowest BCUT2D eigenvalue weighted by atomic mass is 10.0. The molecular formula is C16H18BrN3S2. The van der Waals surface area contributed by atoms with Crippen LogP contribution in [0.4, 0.5) is 0 Å². The average Bonchev–Trinajstić information content (AvgIpc) is 3.04. The van der Waals surface area contributed by atoms with Crippen molar-refractivity contribution < 1.29 is 0 Å². The predicted molar refractivity (Wildman–Crippen MR) is 99.0 cm³/mol. The van der Waals surface area contributed by atoms with Crippen molar-refractivity contribution in [2.75, 3.05) is 6.54 Å². The van der Waals surface area contributed by atoms with Gasteiger partial charge < -0.3 is 10.2 Å². The summed E-state index contributed by atoms with van der Waals surface area (Å²) < 4.78 is 1.14. The van der Waals surface area contributed by atoms with E-state index in [0.29, 0.717) is 5.92 Å². The molecule has 0 amide bonds. The molecule has 3 rings (SSSR count). The number of thiocarbonyl (C=S) groups is 1. The maximum atomic E-state index is 5.60. The van der Waals surface area contributed by atoms with Gasteiger partial charge in [0.25, 0.3) is 0 Å². The molecule has 0 radical (unpaired) electrons. The van der Waals surface area contributed by atoms with E-state index < -0.39 is 0 Å². The topological polar surface area (TPSA) is 28.2 Å². The van der Waals surface area contributed by atoms with E-state index in [2.05, 4.69) is 63.2 Å². The monoisotopic (exact) mass is 395 g/mol. The normalized spacial score (nSPS) is 21.5. The number of thiophene rings is 1. The van der Waals surface area contributed by atoms with Gasteiger partial charge in [-0.05, 0) is 58.3 Å². The van der Waals surface area contributed by atoms with Crippen molar-refractivity contribution >= 4 is 44.6 Å². The summed E-state index contributed by atoms with van der Waals surface area (Å²) in [4.78, 5) is 8.14. The molecular weight excluding hydrogens is 378 g/mol. The predicted octanol–water partition coefficient (Wildman–Crippen LogP) is 4.53. The largest absolute Gasteiger partial charge is 0.352 e. The fourth-order valence-corrected chi connectivity index (χ4v) is 4.68. The highest BCUT2D eigenvalue weighted by Crippen LogP contribution is 2.42. The number of aromatic nitrogens is 1. The smallest absolute Gasteiger partial charge is 0.170 e. The second-order valence-electron chi connectivity index (χ2n) is 5.81. The molecule has 3 nitrogen and oxygen atoms in total. The lowest BCUT2D eigenvalue weighted by molar-refractivity contribution is 0.291. The highest BCUT2D eigenvalue weighted by molar-refractivity contribution is 9.11. The van der Waals surface area contributed by atoms with E-state index in [1.807, 2.05) is 18.3 Å². The Hall–Kier alpha value is -0.980. The number of hydrogen-bond donors (Lipinski definition) is 1. The van der Waals surface area contributed by atoms with Crippen molar-refractivity contribution in [2.45, 2.75) is 25.9 Å². The fraction of sp³-hybridized carbons (Fsp3) is 0.375. The minimum atomic E-state index is 0.0954. The molecule has 0 aliphatic carbocycles. The molecule has 116 valence electrons. The molecule has 2 aromatic heterocycles. The van der Waals surface area contributed by atoms with Crippen LogP contribution in [-0.2, 0) is 0 Å². The molecule has 3 heterocycles. The van der Waals surface area contributed by atoms with Gasteiger partial charge in [0.05, 0.1) is 21.6 Å². The zero-order chi connectivity index (χ0) is 15.7. The lowest BCUT2D eigenvalue weighted by Gasteiger charge is -2.28. The summed E-state index contributed by atoms with van der Waals surface area (Å²) in [5.41, 5.74) is 1.03. The van der Waals surface area contributed by atoms with Crippen LogP contribution in [0.1, 0.15) is 36.5 Å². The second kappa shape index (κ2) is 6.64. The summed E-state index contributed by atoms with van der Waals surface area (Å²) in [6, 6.07) is 10.6. The molecule has 0 bridgehead atoms. The summed E-state index contributed by atoms with van der Waals surface area (Å²) in [6.45, 7) is 5.38. The SMILES string of the molecule is CC(C)CN1C(=S)NC(c2ccccn2)C1c1ccc(Br)s1. The van der Waals surface area contributed by atoms with Gasteiger partial charge in [0.1, 0.15) is 0 Å². The Kier molecular flexibility index (Phi) is 4.80. The second-order valence-corrected chi connectivity index (χ2v) is 8.70. The third-order valence-corrected chi connectivity index (χ3v) is 5.69. The molecule has 1 aliphatic rings. The van der Waals surface area contributed by atoms with E-state index in [-0.39, 0.29) is 12.1 Å². The van der Waals surface area contributed by atoms with Gasteiger partial charge in [-0.1, -0.05) is 19.9 Å². The fourth-order valence-electron chi connectivity index (χ4n) is 2.79. The summed E-state index contributed by atoms with van der Waals surface area (Å²) in [6.07, 6.45) is 1.84. The minimum Gasteiger partial charge on any atom is -0.352 e. The molecule has 1 N–H and O–H groups in total. The number of nitrogens with one attached hydrogen (secondary N) is 1. The van der Waals surface area contributed by atoms with Gasteiger partial charge in [-0.15, -0.1) is 11.3 Å². The molecule has 1 aliphatic heterocycles. The Morgan fingerprint density at radius 1 is 1.36 bits per heavy atom. The first-order valence-electron chi connectivity index (χ1n) is 7.29. The summed E-state index contributed by atoms with van der Waals surface area (Å²) >= 11 is 10.9. The zero-order valence-electron chi connectivity index (χ0n) is 12.5. The quantitative estimate of drug-likeness (QED) is 0.769. The van der Waals surface area contributed by atoms with Crippen molar-refractivity contribution in [3.63, 3.8) is 0 Å². The van der Waals surface area contributed by atoms with Gasteiger partial charge in [0, 0.05) is 17.6 Å². The third kappa shape index (κ3) is 3.19. The molecule has 22 heavy (non-hydrogen) atoms. The Balaban J connectivity index is 2.00. The summed E-state index contributed by atoms with van der Waals surface area (Å²) in [5.74, 6) is 0.549. The van der Waals surface area contributed by atoms with Crippen molar-refractivity contribution in [1.82, 2.24) is 15.2 Å². The first-order valence-corrected chi connectivity index (χ1v) is 9.31. The van der Waals surface area contributed by atoms with Gasteiger partial charge in [-0.3, -0.25) is 4.98 Å². The maximum Gasteiger partial charge on any atom is 0.170 e.